The maximum Gasteiger partial charge on any atom is 0.416 e. The standard InChI is InChI=1S/C18H22F3N3O3/c19-18(20,21)14-3-1-2-13(10-14)12-24-5-4-22-17(26)15(24)11-16(25)23-6-8-27-9-7-23/h1-3,10,15H,4-9,11-12H2,(H,22,26)/t15-/m0/s1. The highest BCUT2D eigenvalue weighted by atomic mass is 19.4. The van der Waals surface area contributed by atoms with Crippen LogP contribution in [0.15, 0.2) is 24.3 Å². The molecular formula is C18H22F3N3O3. The van der Waals surface area contributed by atoms with Gasteiger partial charge in [0.05, 0.1) is 31.2 Å². The summed E-state index contributed by atoms with van der Waals surface area (Å²) in [5.74, 6) is -0.413. The van der Waals surface area contributed by atoms with Crippen LogP contribution in [-0.2, 0) is 27.0 Å². The van der Waals surface area contributed by atoms with Crippen LogP contribution >= 0.6 is 0 Å². The fourth-order valence-corrected chi connectivity index (χ4v) is 3.36. The molecular weight excluding hydrogens is 363 g/mol. The molecule has 1 atom stereocenters. The van der Waals surface area contributed by atoms with Crippen molar-refractivity contribution in [2.45, 2.75) is 25.2 Å². The number of hydrogen-bond donors (Lipinski definition) is 1. The molecule has 2 heterocycles. The van der Waals surface area contributed by atoms with E-state index >= 15 is 0 Å². The number of rotatable bonds is 4. The number of nitrogens with zero attached hydrogens (tertiary/aromatic N) is 2. The van der Waals surface area contributed by atoms with Crippen molar-refractivity contribution in [2.75, 3.05) is 39.4 Å². The van der Waals surface area contributed by atoms with E-state index in [1.54, 1.807) is 15.9 Å². The third kappa shape index (κ3) is 4.98. The van der Waals surface area contributed by atoms with E-state index in [0.717, 1.165) is 12.1 Å². The van der Waals surface area contributed by atoms with Crippen LogP contribution < -0.4 is 5.32 Å². The van der Waals surface area contributed by atoms with Gasteiger partial charge in [-0.15, -0.1) is 0 Å². The Morgan fingerprint density at radius 2 is 1.96 bits per heavy atom. The van der Waals surface area contributed by atoms with Gasteiger partial charge in [0.1, 0.15) is 0 Å². The summed E-state index contributed by atoms with van der Waals surface area (Å²) in [7, 11) is 0. The van der Waals surface area contributed by atoms with E-state index in [-0.39, 0.29) is 24.8 Å². The number of benzene rings is 1. The average molecular weight is 385 g/mol. The third-order valence-corrected chi connectivity index (χ3v) is 4.81. The predicted molar refractivity (Wildman–Crippen MR) is 90.7 cm³/mol. The fraction of sp³-hybridized carbons (Fsp3) is 0.556. The van der Waals surface area contributed by atoms with Gasteiger partial charge in [0.15, 0.2) is 0 Å². The van der Waals surface area contributed by atoms with Gasteiger partial charge in [0, 0.05) is 32.7 Å². The number of ether oxygens (including phenoxy) is 1. The topological polar surface area (TPSA) is 61.9 Å². The number of morpholine rings is 1. The number of hydrogen-bond acceptors (Lipinski definition) is 4. The summed E-state index contributed by atoms with van der Waals surface area (Å²) in [6, 6.07) is 4.38. The number of nitrogens with one attached hydrogen (secondary N) is 1. The molecule has 0 radical (unpaired) electrons. The average Bonchev–Trinajstić information content (AvgIpc) is 2.65. The van der Waals surface area contributed by atoms with E-state index in [0.29, 0.717) is 45.0 Å². The first-order valence-corrected chi connectivity index (χ1v) is 8.88. The summed E-state index contributed by atoms with van der Waals surface area (Å²) in [6.07, 6.45) is -4.41. The van der Waals surface area contributed by atoms with Gasteiger partial charge in [0.25, 0.3) is 0 Å². The van der Waals surface area contributed by atoms with E-state index in [4.69, 9.17) is 4.74 Å². The predicted octanol–water partition coefficient (Wildman–Crippen LogP) is 1.25. The van der Waals surface area contributed by atoms with Gasteiger partial charge in [-0.1, -0.05) is 18.2 Å². The number of piperazine rings is 1. The molecule has 0 bridgehead atoms. The van der Waals surface area contributed by atoms with E-state index < -0.39 is 17.8 Å². The Hall–Kier alpha value is -2.13. The van der Waals surface area contributed by atoms with Crippen molar-refractivity contribution >= 4 is 11.8 Å². The largest absolute Gasteiger partial charge is 0.416 e. The Kier molecular flexibility index (Phi) is 6.01. The lowest BCUT2D eigenvalue weighted by Crippen LogP contribution is -2.56. The van der Waals surface area contributed by atoms with Crippen LogP contribution in [0.2, 0.25) is 0 Å². The second-order valence-corrected chi connectivity index (χ2v) is 6.67. The summed E-state index contributed by atoms with van der Waals surface area (Å²) in [5, 5.41) is 2.74. The van der Waals surface area contributed by atoms with Crippen LogP contribution in [0.5, 0.6) is 0 Å². The molecule has 148 valence electrons. The maximum atomic E-state index is 12.9. The Bertz CT molecular complexity index is 690. The summed E-state index contributed by atoms with van der Waals surface area (Å²) in [5.41, 5.74) is -0.259. The minimum Gasteiger partial charge on any atom is -0.378 e. The van der Waals surface area contributed by atoms with Crippen LogP contribution in [0, 0.1) is 0 Å². The minimum absolute atomic E-state index is 0.00476. The van der Waals surface area contributed by atoms with Crippen molar-refractivity contribution in [1.82, 2.24) is 15.1 Å². The minimum atomic E-state index is -4.42. The second kappa shape index (κ2) is 8.26. The quantitative estimate of drug-likeness (QED) is 0.848. The molecule has 0 saturated carbocycles. The molecule has 27 heavy (non-hydrogen) atoms. The van der Waals surface area contributed by atoms with E-state index in [1.165, 1.54) is 6.07 Å². The first kappa shape index (κ1) is 19.6. The first-order chi connectivity index (χ1) is 12.8. The maximum absolute atomic E-state index is 12.9. The monoisotopic (exact) mass is 385 g/mol. The number of alkyl halides is 3. The zero-order chi connectivity index (χ0) is 19.4. The van der Waals surface area contributed by atoms with Gasteiger partial charge in [0.2, 0.25) is 11.8 Å². The van der Waals surface area contributed by atoms with Crippen LogP contribution in [0.3, 0.4) is 0 Å². The molecule has 2 saturated heterocycles. The molecule has 0 aliphatic carbocycles. The Morgan fingerprint density at radius 1 is 1.22 bits per heavy atom. The van der Waals surface area contributed by atoms with Crippen molar-refractivity contribution in [1.29, 1.82) is 0 Å². The number of amides is 2. The molecule has 2 amide bonds. The SMILES string of the molecule is O=C1NCCN(Cc2cccc(C(F)(F)F)c2)[C@H]1CC(=O)N1CCOCC1. The van der Waals surface area contributed by atoms with E-state index in [2.05, 4.69) is 5.32 Å². The van der Waals surface area contributed by atoms with Gasteiger partial charge in [-0.3, -0.25) is 14.5 Å². The van der Waals surface area contributed by atoms with Gasteiger partial charge in [-0.05, 0) is 11.6 Å². The highest BCUT2D eigenvalue weighted by molar-refractivity contribution is 5.88. The van der Waals surface area contributed by atoms with Crippen LogP contribution in [-0.4, -0.2) is 67.0 Å². The molecule has 6 nitrogen and oxygen atoms in total. The Balaban J connectivity index is 1.70. The zero-order valence-corrected chi connectivity index (χ0v) is 14.8. The normalized spacial score (nSPS) is 21.8. The number of carbonyl (C=O) groups excluding carboxylic acids is 2. The van der Waals surface area contributed by atoms with Gasteiger partial charge >= 0.3 is 6.18 Å². The smallest absolute Gasteiger partial charge is 0.378 e. The molecule has 3 rings (SSSR count). The molecule has 0 unspecified atom stereocenters. The summed E-state index contributed by atoms with van der Waals surface area (Å²) < 4.78 is 44.0. The fourth-order valence-electron chi connectivity index (χ4n) is 3.36. The molecule has 0 aromatic heterocycles. The molecule has 1 N–H and O–H groups in total. The molecule has 1 aromatic rings. The van der Waals surface area contributed by atoms with Crippen molar-refractivity contribution in [3.8, 4) is 0 Å². The van der Waals surface area contributed by atoms with Crippen LogP contribution in [0.4, 0.5) is 13.2 Å². The van der Waals surface area contributed by atoms with Gasteiger partial charge in [-0.2, -0.15) is 13.2 Å². The van der Waals surface area contributed by atoms with Crippen LogP contribution in [0.25, 0.3) is 0 Å². The highest BCUT2D eigenvalue weighted by Gasteiger charge is 2.34. The summed E-state index contributed by atoms with van der Waals surface area (Å²) in [6.45, 7) is 2.97. The van der Waals surface area contributed by atoms with Gasteiger partial charge in [-0.25, -0.2) is 0 Å². The highest BCUT2D eigenvalue weighted by Crippen LogP contribution is 2.30. The molecule has 1 aromatic carbocycles. The zero-order valence-electron chi connectivity index (χ0n) is 14.8. The molecule has 0 spiro atoms. The molecule has 2 aliphatic heterocycles. The Morgan fingerprint density at radius 3 is 2.67 bits per heavy atom. The molecule has 2 aliphatic rings. The van der Waals surface area contributed by atoms with Crippen molar-refractivity contribution in [2.24, 2.45) is 0 Å². The lowest BCUT2D eigenvalue weighted by molar-refractivity contribution is -0.141. The lowest BCUT2D eigenvalue weighted by atomic mass is 10.0. The lowest BCUT2D eigenvalue weighted by Gasteiger charge is -2.36. The van der Waals surface area contributed by atoms with E-state index in [9.17, 15) is 22.8 Å². The molecule has 2 fully saturated rings. The summed E-state index contributed by atoms with van der Waals surface area (Å²) >= 11 is 0. The van der Waals surface area contributed by atoms with Crippen molar-refractivity contribution in [3.63, 3.8) is 0 Å². The van der Waals surface area contributed by atoms with Crippen LogP contribution in [0.1, 0.15) is 17.5 Å². The number of carbonyl (C=O) groups is 2. The third-order valence-electron chi connectivity index (χ3n) is 4.81. The van der Waals surface area contributed by atoms with Crippen molar-refractivity contribution in [3.05, 3.63) is 35.4 Å². The van der Waals surface area contributed by atoms with Crippen molar-refractivity contribution < 1.29 is 27.5 Å². The summed E-state index contributed by atoms with van der Waals surface area (Å²) in [4.78, 5) is 28.3. The van der Waals surface area contributed by atoms with Gasteiger partial charge < -0.3 is 15.0 Å². The second-order valence-electron chi connectivity index (χ2n) is 6.67. The molecule has 9 heteroatoms. The Labute approximate surface area is 155 Å². The number of halogens is 3. The van der Waals surface area contributed by atoms with E-state index in [1.807, 2.05) is 0 Å². The first-order valence-electron chi connectivity index (χ1n) is 8.88.